The Morgan fingerprint density at radius 2 is 1.88 bits per heavy atom. The first-order valence-corrected chi connectivity index (χ1v) is 9.21. The van der Waals surface area contributed by atoms with E-state index in [1.165, 1.54) is 6.26 Å². The number of hydrogen-bond acceptors (Lipinski definition) is 6. The molecule has 9 heteroatoms. The first-order valence-electron chi connectivity index (χ1n) is 7.73. The Bertz CT molecular complexity index is 986. The number of furan rings is 1. The molecule has 2 N–H and O–H groups in total. The fraction of sp³-hybridized carbons (Fsp3) is 0.176. The molecular weight excluding hydrogens is 358 g/mol. The van der Waals surface area contributed by atoms with E-state index >= 15 is 0 Å². The minimum Gasteiger partial charge on any atom is -0.459 e. The SMILES string of the molecule is Cc1noc(C)c1S(=O)(=O)NCc1ccc(NC(=O)c2ccco2)cc1. The van der Waals surface area contributed by atoms with Crippen molar-refractivity contribution in [1.29, 1.82) is 0 Å². The summed E-state index contributed by atoms with van der Waals surface area (Å²) in [7, 11) is -3.72. The minimum absolute atomic E-state index is 0.0554. The molecule has 1 aromatic carbocycles. The van der Waals surface area contributed by atoms with Gasteiger partial charge in [-0.1, -0.05) is 17.3 Å². The highest BCUT2D eigenvalue weighted by Gasteiger charge is 2.23. The van der Waals surface area contributed by atoms with Crippen LogP contribution in [0.5, 0.6) is 0 Å². The quantitative estimate of drug-likeness (QED) is 0.684. The van der Waals surface area contributed by atoms with Gasteiger partial charge in [0, 0.05) is 12.2 Å². The number of amides is 1. The van der Waals surface area contributed by atoms with Crippen molar-refractivity contribution in [2.24, 2.45) is 0 Å². The number of nitrogens with zero attached hydrogens (tertiary/aromatic N) is 1. The van der Waals surface area contributed by atoms with Crippen LogP contribution in [0.1, 0.15) is 27.6 Å². The Kier molecular flexibility index (Phi) is 4.92. The summed E-state index contributed by atoms with van der Waals surface area (Å²) in [5, 5.41) is 6.34. The summed E-state index contributed by atoms with van der Waals surface area (Å²) in [4.78, 5) is 12.0. The Labute approximate surface area is 150 Å². The lowest BCUT2D eigenvalue weighted by atomic mass is 10.2. The summed E-state index contributed by atoms with van der Waals surface area (Å²) in [6.45, 7) is 3.21. The average molecular weight is 375 g/mol. The predicted molar refractivity (Wildman–Crippen MR) is 93.1 cm³/mol. The highest BCUT2D eigenvalue weighted by molar-refractivity contribution is 7.89. The summed E-state index contributed by atoms with van der Waals surface area (Å²) in [6.07, 6.45) is 1.42. The first kappa shape index (κ1) is 17.9. The second-order valence-electron chi connectivity index (χ2n) is 5.61. The van der Waals surface area contributed by atoms with Crippen LogP contribution in [0.3, 0.4) is 0 Å². The van der Waals surface area contributed by atoms with E-state index in [0.717, 1.165) is 5.56 Å². The predicted octanol–water partition coefficient (Wildman–Crippen LogP) is 2.62. The Hall–Kier alpha value is -2.91. The normalized spacial score (nSPS) is 11.5. The van der Waals surface area contributed by atoms with Crippen LogP contribution >= 0.6 is 0 Å². The van der Waals surface area contributed by atoms with Gasteiger partial charge in [0.25, 0.3) is 5.91 Å². The molecule has 1 amide bonds. The van der Waals surface area contributed by atoms with Gasteiger partial charge in [0.05, 0.1) is 6.26 Å². The van der Waals surface area contributed by atoms with E-state index in [1.807, 2.05) is 0 Å². The number of benzene rings is 1. The van der Waals surface area contributed by atoms with Crippen LogP contribution in [0.15, 0.2) is 56.5 Å². The largest absolute Gasteiger partial charge is 0.459 e. The van der Waals surface area contributed by atoms with E-state index in [9.17, 15) is 13.2 Å². The van der Waals surface area contributed by atoms with Gasteiger partial charge in [-0.15, -0.1) is 0 Å². The van der Waals surface area contributed by atoms with Crippen LogP contribution in [0, 0.1) is 13.8 Å². The molecule has 2 heterocycles. The standard InChI is InChI=1S/C17H17N3O5S/c1-11-16(12(2)25-20-11)26(22,23)18-10-13-5-7-14(8-6-13)19-17(21)15-4-3-9-24-15/h3-9,18H,10H2,1-2H3,(H,19,21). The molecule has 3 rings (SSSR count). The maximum absolute atomic E-state index is 12.4. The summed E-state index contributed by atoms with van der Waals surface area (Å²) in [5.41, 5.74) is 1.62. The molecule has 26 heavy (non-hydrogen) atoms. The Morgan fingerprint density at radius 3 is 2.46 bits per heavy atom. The summed E-state index contributed by atoms with van der Waals surface area (Å²) in [6, 6.07) is 9.98. The monoisotopic (exact) mass is 375 g/mol. The number of carbonyl (C=O) groups is 1. The van der Waals surface area contributed by atoms with Crippen molar-refractivity contribution in [2.75, 3.05) is 5.32 Å². The highest BCUT2D eigenvalue weighted by atomic mass is 32.2. The van der Waals surface area contributed by atoms with E-state index in [-0.39, 0.29) is 28.9 Å². The zero-order chi connectivity index (χ0) is 18.7. The zero-order valence-electron chi connectivity index (χ0n) is 14.1. The van der Waals surface area contributed by atoms with E-state index < -0.39 is 10.0 Å². The molecule has 3 aromatic rings. The molecule has 0 aliphatic rings. The van der Waals surface area contributed by atoms with Crippen LogP contribution in [0.4, 0.5) is 5.69 Å². The van der Waals surface area contributed by atoms with Crippen LogP contribution in [0.2, 0.25) is 0 Å². The molecule has 136 valence electrons. The maximum Gasteiger partial charge on any atom is 0.291 e. The lowest BCUT2D eigenvalue weighted by molar-refractivity contribution is 0.0996. The zero-order valence-corrected chi connectivity index (χ0v) is 15.0. The van der Waals surface area contributed by atoms with Crippen molar-refractivity contribution in [3.63, 3.8) is 0 Å². The molecule has 0 atom stereocenters. The highest BCUT2D eigenvalue weighted by Crippen LogP contribution is 2.19. The van der Waals surface area contributed by atoms with Crippen molar-refractivity contribution in [2.45, 2.75) is 25.3 Å². The Morgan fingerprint density at radius 1 is 1.15 bits per heavy atom. The Balaban J connectivity index is 1.64. The number of nitrogens with one attached hydrogen (secondary N) is 2. The number of anilines is 1. The summed E-state index contributed by atoms with van der Waals surface area (Å²) < 4.78 is 37.2. The van der Waals surface area contributed by atoms with Crippen molar-refractivity contribution in [3.8, 4) is 0 Å². The van der Waals surface area contributed by atoms with Crippen LogP contribution in [-0.2, 0) is 16.6 Å². The molecule has 0 aliphatic carbocycles. The molecule has 0 saturated heterocycles. The van der Waals surface area contributed by atoms with E-state index in [4.69, 9.17) is 8.94 Å². The van der Waals surface area contributed by atoms with Gasteiger partial charge in [-0.2, -0.15) is 0 Å². The smallest absolute Gasteiger partial charge is 0.291 e. The topological polar surface area (TPSA) is 114 Å². The van der Waals surface area contributed by atoms with Crippen LogP contribution in [0.25, 0.3) is 0 Å². The molecule has 0 fully saturated rings. The number of aromatic nitrogens is 1. The number of carbonyl (C=O) groups excluding carboxylic acids is 1. The van der Waals surface area contributed by atoms with Gasteiger partial charge in [-0.25, -0.2) is 13.1 Å². The van der Waals surface area contributed by atoms with Crippen molar-refractivity contribution >= 4 is 21.6 Å². The maximum atomic E-state index is 12.4. The molecule has 0 radical (unpaired) electrons. The fourth-order valence-corrected chi connectivity index (χ4v) is 3.76. The number of rotatable bonds is 6. The van der Waals surface area contributed by atoms with E-state index in [2.05, 4.69) is 15.2 Å². The molecule has 0 spiro atoms. The van der Waals surface area contributed by atoms with Gasteiger partial charge < -0.3 is 14.3 Å². The van der Waals surface area contributed by atoms with Crippen molar-refractivity contribution in [3.05, 3.63) is 65.4 Å². The van der Waals surface area contributed by atoms with Crippen molar-refractivity contribution in [1.82, 2.24) is 9.88 Å². The average Bonchev–Trinajstić information content (AvgIpc) is 3.24. The molecule has 0 bridgehead atoms. The van der Waals surface area contributed by atoms with Gasteiger partial charge in [0.15, 0.2) is 11.5 Å². The van der Waals surface area contributed by atoms with Crippen LogP contribution in [-0.4, -0.2) is 19.5 Å². The van der Waals surface area contributed by atoms with Gasteiger partial charge in [-0.05, 0) is 43.7 Å². The molecule has 0 unspecified atom stereocenters. The summed E-state index contributed by atoms with van der Waals surface area (Å²) in [5.74, 6) is 0.0918. The third-order valence-corrected chi connectivity index (χ3v) is 5.30. The minimum atomic E-state index is -3.72. The molecule has 0 saturated carbocycles. The third-order valence-electron chi connectivity index (χ3n) is 3.66. The lowest BCUT2D eigenvalue weighted by Gasteiger charge is -2.08. The molecule has 8 nitrogen and oxygen atoms in total. The van der Waals surface area contributed by atoms with Gasteiger partial charge in [0.1, 0.15) is 10.6 Å². The first-order chi connectivity index (χ1) is 12.4. The van der Waals surface area contributed by atoms with E-state index in [0.29, 0.717) is 11.4 Å². The van der Waals surface area contributed by atoms with Crippen LogP contribution < -0.4 is 10.0 Å². The lowest BCUT2D eigenvalue weighted by Crippen LogP contribution is -2.24. The molecular formula is C17H17N3O5S. The van der Waals surface area contributed by atoms with Crippen molar-refractivity contribution < 1.29 is 22.2 Å². The summed E-state index contributed by atoms with van der Waals surface area (Å²) >= 11 is 0. The number of aryl methyl sites for hydroxylation is 2. The molecule has 0 aliphatic heterocycles. The van der Waals surface area contributed by atoms with Gasteiger partial charge in [0.2, 0.25) is 10.0 Å². The van der Waals surface area contributed by atoms with E-state index in [1.54, 1.807) is 50.2 Å². The number of hydrogen-bond donors (Lipinski definition) is 2. The van der Waals surface area contributed by atoms with Gasteiger partial charge in [-0.3, -0.25) is 4.79 Å². The van der Waals surface area contributed by atoms with Gasteiger partial charge >= 0.3 is 0 Å². The second kappa shape index (κ2) is 7.14. The number of sulfonamides is 1. The third kappa shape index (κ3) is 3.84. The fourth-order valence-electron chi connectivity index (χ4n) is 2.42. The second-order valence-corrected chi connectivity index (χ2v) is 7.31. The molecule has 2 aromatic heterocycles.